The molecular formula is C19H19N3O2. The number of benzene rings is 2. The summed E-state index contributed by atoms with van der Waals surface area (Å²) in [5.41, 5.74) is 2.76. The standard InChI is InChI=1S/C19H19N3O2/c23-19(7-4-12-24-17-5-2-1-3-6-17)22-16-10-8-15(9-11-16)18-13-20-14-21-18/h1-3,5-6,8-11,13-14H,4,7,12H2,(H,20,21)(H,22,23). The molecule has 0 radical (unpaired) electrons. The molecule has 24 heavy (non-hydrogen) atoms. The smallest absolute Gasteiger partial charge is 0.224 e. The average molecular weight is 321 g/mol. The molecule has 0 fully saturated rings. The minimum absolute atomic E-state index is 0.0130. The summed E-state index contributed by atoms with van der Waals surface area (Å²) in [6.07, 6.45) is 4.50. The largest absolute Gasteiger partial charge is 0.494 e. The first-order valence-electron chi connectivity index (χ1n) is 7.88. The third kappa shape index (κ3) is 4.46. The van der Waals surface area contributed by atoms with E-state index in [9.17, 15) is 4.79 Å². The van der Waals surface area contributed by atoms with Crippen LogP contribution in [0.25, 0.3) is 11.3 Å². The van der Waals surface area contributed by atoms with Crippen molar-refractivity contribution in [1.82, 2.24) is 9.97 Å². The van der Waals surface area contributed by atoms with Gasteiger partial charge in [0.05, 0.1) is 24.8 Å². The van der Waals surface area contributed by atoms with Crippen LogP contribution in [-0.2, 0) is 4.79 Å². The van der Waals surface area contributed by atoms with Gasteiger partial charge in [-0.3, -0.25) is 4.79 Å². The van der Waals surface area contributed by atoms with Crippen molar-refractivity contribution in [2.45, 2.75) is 12.8 Å². The molecule has 5 heteroatoms. The summed E-state index contributed by atoms with van der Waals surface area (Å²) in [6.45, 7) is 0.524. The third-order valence-electron chi connectivity index (χ3n) is 3.54. The number of nitrogens with one attached hydrogen (secondary N) is 2. The van der Waals surface area contributed by atoms with Gasteiger partial charge in [0.15, 0.2) is 0 Å². The highest BCUT2D eigenvalue weighted by Crippen LogP contribution is 2.19. The van der Waals surface area contributed by atoms with Gasteiger partial charge in [-0.15, -0.1) is 0 Å². The lowest BCUT2D eigenvalue weighted by atomic mass is 10.1. The monoisotopic (exact) mass is 321 g/mol. The zero-order valence-electron chi connectivity index (χ0n) is 13.2. The van der Waals surface area contributed by atoms with Gasteiger partial charge >= 0.3 is 0 Å². The van der Waals surface area contributed by atoms with Gasteiger partial charge in [0, 0.05) is 12.1 Å². The number of anilines is 1. The number of aromatic nitrogens is 2. The van der Waals surface area contributed by atoms with Crippen LogP contribution in [0.4, 0.5) is 5.69 Å². The molecule has 0 bridgehead atoms. The summed E-state index contributed by atoms with van der Waals surface area (Å²) in [5.74, 6) is 0.813. The fourth-order valence-corrected chi connectivity index (χ4v) is 2.31. The molecule has 122 valence electrons. The van der Waals surface area contributed by atoms with Crippen molar-refractivity contribution >= 4 is 11.6 Å². The first kappa shape index (κ1) is 15.8. The Morgan fingerprint density at radius 1 is 1.08 bits per heavy atom. The SMILES string of the molecule is O=C(CCCOc1ccccc1)Nc1ccc(-c2cnc[nH]2)cc1. The number of carbonyl (C=O) groups excluding carboxylic acids is 1. The predicted molar refractivity (Wildman–Crippen MR) is 93.8 cm³/mol. The van der Waals surface area contributed by atoms with Crippen LogP contribution in [-0.4, -0.2) is 22.5 Å². The molecule has 1 heterocycles. The molecule has 0 saturated carbocycles. The van der Waals surface area contributed by atoms with Crippen molar-refractivity contribution in [2.24, 2.45) is 0 Å². The molecule has 1 aromatic heterocycles. The van der Waals surface area contributed by atoms with Gasteiger partial charge in [-0.1, -0.05) is 30.3 Å². The zero-order chi connectivity index (χ0) is 16.6. The van der Waals surface area contributed by atoms with Crippen molar-refractivity contribution in [3.8, 4) is 17.0 Å². The van der Waals surface area contributed by atoms with Gasteiger partial charge in [-0.05, 0) is 36.2 Å². The minimum Gasteiger partial charge on any atom is -0.494 e. The first-order chi connectivity index (χ1) is 11.8. The van der Waals surface area contributed by atoms with Crippen LogP contribution >= 0.6 is 0 Å². The van der Waals surface area contributed by atoms with Gasteiger partial charge < -0.3 is 15.0 Å². The number of nitrogens with zero attached hydrogens (tertiary/aromatic N) is 1. The van der Waals surface area contributed by atoms with E-state index < -0.39 is 0 Å². The van der Waals surface area contributed by atoms with Crippen molar-refractivity contribution in [3.05, 3.63) is 67.1 Å². The Hall–Kier alpha value is -3.08. The van der Waals surface area contributed by atoms with Gasteiger partial charge in [-0.25, -0.2) is 4.98 Å². The maximum absolute atomic E-state index is 12.0. The minimum atomic E-state index is -0.0130. The third-order valence-corrected chi connectivity index (χ3v) is 3.54. The Balaban J connectivity index is 1.42. The molecule has 3 aromatic rings. The Bertz CT molecular complexity index is 753. The van der Waals surface area contributed by atoms with Crippen LogP contribution in [0, 0.1) is 0 Å². The second kappa shape index (κ2) is 7.97. The van der Waals surface area contributed by atoms with Crippen LogP contribution in [0.15, 0.2) is 67.1 Å². The van der Waals surface area contributed by atoms with E-state index >= 15 is 0 Å². The van der Waals surface area contributed by atoms with E-state index in [1.54, 1.807) is 12.5 Å². The fourth-order valence-electron chi connectivity index (χ4n) is 2.31. The Kier molecular flexibility index (Phi) is 5.24. The molecule has 0 saturated heterocycles. The number of ether oxygens (including phenoxy) is 1. The number of H-pyrrole nitrogens is 1. The van der Waals surface area contributed by atoms with Gasteiger partial charge in [0.25, 0.3) is 0 Å². The van der Waals surface area contributed by atoms with Crippen molar-refractivity contribution < 1.29 is 9.53 Å². The highest BCUT2D eigenvalue weighted by molar-refractivity contribution is 5.90. The lowest BCUT2D eigenvalue weighted by Gasteiger charge is -2.07. The number of amides is 1. The summed E-state index contributed by atoms with van der Waals surface area (Å²) >= 11 is 0. The molecule has 0 spiro atoms. The average Bonchev–Trinajstić information content (AvgIpc) is 3.15. The molecule has 0 unspecified atom stereocenters. The van der Waals surface area contributed by atoms with E-state index in [1.807, 2.05) is 54.6 Å². The molecule has 2 aromatic carbocycles. The Labute approximate surface area is 140 Å². The molecule has 0 aliphatic rings. The summed E-state index contributed by atoms with van der Waals surface area (Å²) in [7, 11) is 0. The summed E-state index contributed by atoms with van der Waals surface area (Å²) < 4.78 is 5.57. The van der Waals surface area contributed by atoms with Gasteiger partial charge in [0.2, 0.25) is 5.91 Å². The highest BCUT2D eigenvalue weighted by Gasteiger charge is 2.04. The fraction of sp³-hybridized carbons (Fsp3) is 0.158. The second-order valence-electron chi connectivity index (χ2n) is 5.36. The maximum atomic E-state index is 12.0. The number of imidazole rings is 1. The number of rotatable bonds is 7. The van der Waals surface area contributed by atoms with E-state index in [-0.39, 0.29) is 5.91 Å². The molecule has 3 rings (SSSR count). The van der Waals surface area contributed by atoms with E-state index in [1.165, 1.54) is 0 Å². The number of carbonyl (C=O) groups is 1. The lowest BCUT2D eigenvalue weighted by Crippen LogP contribution is -2.12. The molecule has 2 N–H and O–H groups in total. The van der Waals surface area contributed by atoms with Gasteiger partial charge in [0.1, 0.15) is 5.75 Å². The molecule has 1 amide bonds. The van der Waals surface area contributed by atoms with E-state index in [0.717, 1.165) is 22.7 Å². The number of hydrogen-bond acceptors (Lipinski definition) is 3. The van der Waals surface area contributed by atoms with Crippen LogP contribution < -0.4 is 10.1 Å². The predicted octanol–water partition coefficient (Wildman–Crippen LogP) is 3.87. The van der Waals surface area contributed by atoms with Crippen LogP contribution in [0.3, 0.4) is 0 Å². The zero-order valence-corrected chi connectivity index (χ0v) is 13.2. The molecule has 0 atom stereocenters. The summed E-state index contributed by atoms with van der Waals surface area (Å²) in [4.78, 5) is 19.0. The van der Waals surface area contributed by atoms with Crippen molar-refractivity contribution in [3.63, 3.8) is 0 Å². The van der Waals surface area contributed by atoms with E-state index in [2.05, 4.69) is 15.3 Å². The highest BCUT2D eigenvalue weighted by atomic mass is 16.5. The van der Waals surface area contributed by atoms with Gasteiger partial charge in [-0.2, -0.15) is 0 Å². The molecule has 0 aliphatic carbocycles. The number of para-hydroxylation sites is 1. The molecule has 5 nitrogen and oxygen atoms in total. The number of hydrogen-bond donors (Lipinski definition) is 2. The summed E-state index contributed by atoms with van der Waals surface area (Å²) in [6, 6.07) is 17.3. The normalized spacial score (nSPS) is 10.3. The quantitative estimate of drug-likeness (QED) is 0.649. The molecular weight excluding hydrogens is 302 g/mol. The summed E-state index contributed by atoms with van der Waals surface area (Å²) in [5, 5.41) is 2.89. The van der Waals surface area contributed by atoms with E-state index in [4.69, 9.17) is 4.74 Å². The first-order valence-corrected chi connectivity index (χ1v) is 7.88. The Morgan fingerprint density at radius 3 is 2.58 bits per heavy atom. The van der Waals surface area contributed by atoms with Crippen LogP contribution in [0.2, 0.25) is 0 Å². The van der Waals surface area contributed by atoms with Crippen LogP contribution in [0.5, 0.6) is 5.75 Å². The topological polar surface area (TPSA) is 67.0 Å². The number of aromatic amines is 1. The molecule has 0 aliphatic heterocycles. The second-order valence-corrected chi connectivity index (χ2v) is 5.36. The van der Waals surface area contributed by atoms with Crippen molar-refractivity contribution in [1.29, 1.82) is 0 Å². The van der Waals surface area contributed by atoms with Crippen molar-refractivity contribution in [2.75, 3.05) is 11.9 Å². The van der Waals surface area contributed by atoms with E-state index in [0.29, 0.717) is 19.4 Å². The maximum Gasteiger partial charge on any atom is 0.224 e. The Morgan fingerprint density at radius 2 is 1.88 bits per heavy atom. The van der Waals surface area contributed by atoms with Crippen LogP contribution in [0.1, 0.15) is 12.8 Å². The lowest BCUT2D eigenvalue weighted by molar-refractivity contribution is -0.116.